The fourth-order valence-corrected chi connectivity index (χ4v) is 4.24. The normalized spacial score (nSPS) is 14.3. The first kappa shape index (κ1) is 21.7. The van der Waals surface area contributed by atoms with E-state index < -0.39 is 0 Å². The zero-order valence-electron chi connectivity index (χ0n) is 19.3. The van der Waals surface area contributed by atoms with Crippen molar-refractivity contribution in [3.63, 3.8) is 0 Å². The molecule has 27 heavy (non-hydrogen) atoms. The third kappa shape index (κ3) is 5.03. The SMILES string of the molecule is CC(Cc1c(C(C)(C)C)cccc1C(C)(C)C)c1ccccc1C(C)(C)C. The highest BCUT2D eigenvalue weighted by molar-refractivity contribution is 5.45. The second-order valence-corrected chi connectivity index (χ2v) is 11.3. The molecule has 0 amide bonds. The van der Waals surface area contributed by atoms with E-state index in [1.54, 1.807) is 5.56 Å². The highest BCUT2D eigenvalue weighted by atomic mass is 14.3. The van der Waals surface area contributed by atoms with Gasteiger partial charge in [0.25, 0.3) is 0 Å². The monoisotopic (exact) mass is 364 g/mol. The number of hydrogen-bond acceptors (Lipinski definition) is 0. The summed E-state index contributed by atoms with van der Waals surface area (Å²) in [6, 6.07) is 16.0. The Morgan fingerprint density at radius 2 is 1.00 bits per heavy atom. The van der Waals surface area contributed by atoms with E-state index in [0.29, 0.717) is 5.92 Å². The minimum Gasteiger partial charge on any atom is -0.0620 e. The average Bonchev–Trinajstić information content (AvgIpc) is 2.52. The lowest BCUT2D eigenvalue weighted by Crippen LogP contribution is -2.23. The largest absolute Gasteiger partial charge is 0.0620 e. The van der Waals surface area contributed by atoms with Crippen LogP contribution in [0.4, 0.5) is 0 Å². The van der Waals surface area contributed by atoms with Crippen LogP contribution in [-0.4, -0.2) is 0 Å². The Balaban J connectivity index is 2.58. The smallest absolute Gasteiger partial charge is 0.0129 e. The summed E-state index contributed by atoms with van der Waals surface area (Å²) in [5, 5.41) is 0. The molecule has 148 valence electrons. The minimum absolute atomic E-state index is 0.153. The summed E-state index contributed by atoms with van der Waals surface area (Å²) < 4.78 is 0. The summed E-state index contributed by atoms with van der Waals surface area (Å²) in [6.07, 6.45) is 1.09. The first-order chi connectivity index (χ1) is 12.2. The van der Waals surface area contributed by atoms with Gasteiger partial charge in [-0.3, -0.25) is 0 Å². The second-order valence-electron chi connectivity index (χ2n) is 11.3. The maximum absolute atomic E-state index is 2.40. The Bertz CT molecular complexity index is 741. The van der Waals surface area contributed by atoms with E-state index >= 15 is 0 Å². The Labute approximate surface area is 168 Å². The van der Waals surface area contributed by atoms with Crippen LogP contribution in [-0.2, 0) is 22.7 Å². The lowest BCUT2D eigenvalue weighted by molar-refractivity contribution is 0.542. The number of benzene rings is 2. The van der Waals surface area contributed by atoms with Crippen LogP contribution >= 0.6 is 0 Å². The van der Waals surface area contributed by atoms with Gasteiger partial charge in [-0.2, -0.15) is 0 Å². The standard InChI is InChI=1S/C27H40/c1-19(20-14-11-12-15-22(20)25(2,3)4)18-21-23(26(5,6)7)16-13-17-24(21)27(8,9)10/h11-17,19H,18H2,1-10H3. The van der Waals surface area contributed by atoms with E-state index in [1.165, 1.54) is 22.3 Å². The molecule has 0 N–H and O–H groups in total. The van der Waals surface area contributed by atoms with Crippen LogP contribution in [0, 0.1) is 0 Å². The van der Waals surface area contributed by atoms with Gasteiger partial charge in [-0.1, -0.05) is 112 Å². The van der Waals surface area contributed by atoms with Crippen molar-refractivity contribution in [1.29, 1.82) is 0 Å². The molecule has 0 aliphatic rings. The Kier molecular flexibility index (Phi) is 6.00. The van der Waals surface area contributed by atoms with Crippen molar-refractivity contribution < 1.29 is 0 Å². The third-order valence-corrected chi connectivity index (χ3v) is 5.60. The van der Waals surface area contributed by atoms with E-state index in [9.17, 15) is 0 Å². The van der Waals surface area contributed by atoms with Crippen LogP contribution in [0.25, 0.3) is 0 Å². The maximum Gasteiger partial charge on any atom is -0.0129 e. The molecule has 0 saturated heterocycles. The predicted octanol–water partition coefficient (Wildman–Crippen LogP) is 7.93. The second kappa shape index (κ2) is 7.46. The lowest BCUT2D eigenvalue weighted by Gasteiger charge is -2.32. The van der Waals surface area contributed by atoms with Gasteiger partial charge in [-0.15, -0.1) is 0 Å². The van der Waals surface area contributed by atoms with Crippen molar-refractivity contribution in [3.05, 3.63) is 70.3 Å². The summed E-state index contributed by atoms with van der Waals surface area (Å²) in [5.74, 6) is 0.491. The Morgan fingerprint density at radius 3 is 1.44 bits per heavy atom. The summed E-state index contributed by atoms with van der Waals surface area (Å²) in [6.45, 7) is 23.4. The van der Waals surface area contributed by atoms with E-state index in [2.05, 4.69) is 112 Å². The highest BCUT2D eigenvalue weighted by Gasteiger charge is 2.27. The molecule has 0 aromatic heterocycles. The van der Waals surface area contributed by atoms with Gasteiger partial charge in [0, 0.05) is 0 Å². The molecule has 2 aromatic carbocycles. The van der Waals surface area contributed by atoms with Crippen LogP contribution in [0.5, 0.6) is 0 Å². The summed E-state index contributed by atoms with van der Waals surface area (Å²) >= 11 is 0. The molecular weight excluding hydrogens is 324 g/mol. The third-order valence-electron chi connectivity index (χ3n) is 5.60. The summed E-state index contributed by atoms with van der Waals surface area (Å²) in [7, 11) is 0. The Hall–Kier alpha value is -1.56. The molecule has 1 atom stereocenters. The molecule has 0 aliphatic carbocycles. The van der Waals surface area contributed by atoms with Gasteiger partial charge in [-0.25, -0.2) is 0 Å². The van der Waals surface area contributed by atoms with Crippen LogP contribution < -0.4 is 0 Å². The van der Waals surface area contributed by atoms with Gasteiger partial charge in [0.2, 0.25) is 0 Å². The quantitative estimate of drug-likeness (QED) is 0.518. The van der Waals surface area contributed by atoms with E-state index in [-0.39, 0.29) is 16.2 Å². The molecule has 0 bridgehead atoms. The van der Waals surface area contributed by atoms with E-state index in [4.69, 9.17) is 0 Å². The topological polar surface area (TPSA) is 0 Å². The Morgan fingerprint density at radius 1 is 0.593 bits per heavy atom. The average molecular weight is 365 g/mol. The molecule has 0 heteroatoms. The van der Waals surface area contributed by atoms with Gasteiger partial charge in [0.15, 0.2) is 0 Å². The van der Waals surface area contributed by atoms with Crippen molar-refractivity contribution in [3.8, 4) is 0 Å². The first-order valence-corrected chi connectivity index (χ1v) is 10.4. The number of rotatable bonds is 3. The molecule has 0 nitrogen and oxygen atoms in total. The van der Waals surface area contributed by atoms with Gasteiger partial charge in [0.1, 0.15) is 0 Å². The maximum atomic E-state index is 2.40. The van der Waals surface area contributed by atoms with E-state index in [1.807, 2.05) is 0 Å². The van der Waals surface area contributed by atoms with Crippen LogP contribution in [0.3, 0.4) is 0 Å². The molecular formula is C27H40. The van der Waals surface area contributed by atoms with Crippen molar-refractivity contribution in [2.75, 3.05) is 0 Å². The van der Waals surface area contributed by atoms with Crippen molar-refractivity contribution >= 4 is 0 Å². The van der Waals surface area contributed by atoms with Crippen molar-refractivity contribution in [2.45, 2.75) is 97.8 Å². The number of hydrogen-bond donors (Lipinski definition) is 0. The zero-order valence-corrected chi connectivity index (χ0v) is 19.3. The molecule has 0 fully saturated rings. The van der Waals surface area contributed by atoms with Gasteiger partial charge < -0.3 is 0 Å². The van der Waals surface area contributed by atoms with Crippen molar-refractivity contribution in [1.82, 2.24) is 0 Å². The summed E-state index contributed by atoms with van der Waals surface area (Å²) in [5.41, 5.74) is 7.98. The molecule has 0 radical (unpaired) electrons. The fourth-order valence-electron chi connectivity index (χ4n) is 4.24. The van der Waals surface area contributed by atoms with Crippen LogP contribution in [0.15, 0.2) is 42.5 Å². The molecule has 1 unspecified atom stereocenters. The van der Waals surface area contributed by atoms with Gasteiger partial charge >= 0.3 is 0 Å². The first-order valence-electron chi connectivity index (χ1n) is 10.4. The molecule has 2 rings (SSSR count). The molecule has 0 saturated carbocycles. The summed E-state index contributed by atoms with van der Waals surface area (Å²) in [4.78, 5) is 0. The lowest BCUT2D eigenvalue weighted by atomic mass is 9.72. The minimum atomic E-state index is 0.153. The molecule has 0 heterocycles. The van der Waals surface area contributed by atoms with Crippen LogP contribution in [0.1, 0.15) is 103 Å². The molecule has 2 aromatic rings. The highest BCUT2D eigenvalue weighted by Crippen LogP contribution is 2.38. The zero-order chi connectivity index (χ0) is 20.6. The van der Waals surface area contributed by atoms with Crippen molar-refractivity contribution in [2.24, 2.45) is 0 Å². The molecule has 0 spiro atoms. The van der Waals surface area contributed by atoms with Crippen LogP contribution in [0.2, 0.25) is 0 Å². The predicted molar refractivity (Wildman–Crippen MR) is 121 cm³/mol. The molecule has 0 aliphatic heterocycles. The van der Waals surface area contributed by atoms with Gasteiger partial charge in [0.05, 0.1) is 0 Å². The van der Waals surface area contributed by atoms with Gasteiger partial charge in [-0.05, 0) is 56.4 Å². The fraction of sp³-hybridized carbons (Fsp3) is 0.556. The van der Waals surface area contributed by atoms with E-state index in [0.717, 1.165) is 6.42 Å².